The zero-order chi connectivity index (χ0) is 11.3. The second-order valence-electron chi connectivity index (χ2n) is 4.35. The fraction of sp³-hybridized carbons (Fsp3) is 1.00. The molecule has 0 unspecified atom stereocenters. The zero-order valence-electron chi connectivity index (χ0n) is 9.21. The average Bonchev–Trinajstić information content (AvgIpc) is 2.21. The van der Waals surface area contributed by atoms with Gasteiger partial charge in [0.15, 0.2) is 0 Å². The minimum atomic E-state index is -3.08. The molecule has 0 amide bonds. The molecule has 0 bridgehead atoms. The van der Waals surface area contributed by atoms with Crippen molar-refractivity contribution in [1.82, 2.24) is 4.72 Å². The lowest BCUT2D eigenvalue weighted by Crippen LogP contribution is -2.37. The number of hydrogen-bond donors (Lipinski definition) is 1. The molecule has 1 rings (SSSR count). The summed E-state index contributed by atoms with van der Waals surface area (Å²) in [5, 5.41) is 0. The summed E-state index contributed by atoms with van der Waals surface area (Å²) in [6, 6.07) is 0.167. The summed E-state index contributed by atoms with van der Waals surface area (Å²) < 4.78 is 25.4. The van der Waals surface area contributed by atoms with Gasteiger partial charge < -0.3 is 0 Å². The lowest BCUT2D eigenvalue weighted by atomic mass is 9.84. The van der Waals surface area contributed by atoms with Gasteiger partial charge in [-0.2, -0.15) is 0 Å². The van der Waals surface area contributed by atoms with Crippen LogP contribution in [0.5, 0.6) is 0 Å². The van der Waals surface area contributed by atoms with Crippen molar-refractivity contribution in [3.8, 4) is 0 Å². The molecule has 0 heterocycles. The van der Waals surface area contributed by atoms with Crippen LogP contribution in [0.2, 0.25) is 0 Å². The second kappa shape index (κ2) is 6.21. The van der Waals surface area contributed by atoms with Crippen LogP contribution in [0.4, 0.5) is 0 Å². The summed E-state index contributed by atoms with van der Waals surface area (Å²) in [6.07, 6.45) is 6.86. The number of rotatable bonds is 5. The van der Waals surface area contributed by atoms with E-state index in [-0.39, 0.29) is 10.7 Å². The van der Waals surface area contributed by atoms with Crippen LogP contribution in [-0.2, 0) is 10.0 Å². The van der Waals surface area contributed by atoms with E-state index in [9.17, 15) is 8.42 Å². The standard InChI is InChI=1S/C10H20BrNO2S/c1-2-3-9-4-6-10(7-5-9)12-15(13,14)8-11/h9-10,12H,2-8H2,1H3. The minimum Gasteiger partial charge on any atom is -0.212 e. The highest BCUT2D eigenvalue weighted by Crippen LogP contribution is 2.28. The Kier molecular flexibility index (Phi) is 5.57. The fourth-order valence-electron chi connectivity index (χ4n) is 2.26. The smallest absolute Gasteiger partial charge is 0.212 e. The molecule has 0 spiro atoms. The Morgan fingerprint density at radius 2 is 1.87 bits per heavy atom. The number of hydrogen-bond acceptors (Lipinski definition) is 2. The Morgan fingerprint density at radius 1 is 1.27 bits per heavy atom. The summed E-state index contributed by atoms with van der Waals surface area (Å²) >= 11 is 2.98. The normalized spacial score (nSPS) is 27.9. The van der Waals surface area contributed by atoms with Crippen molar-refractivity contribution in [2.75, 3.05) is 4.66 Å². The molecule has 0 atom stereocenters. The molecule has 1 fully saturated rings. The highest BCUT2D eigenvalue weighted by molar-refractivity contribution is 9.10. The molecule has 0 radical (unpaired) electrons. The molecule has 0 saturated heterocycles. The molecule has 15 heavy (non-hydrogen) atoms. The molecule has 1 aliphatic rings. The maximum absolute atomic E-state index is 11.3. The largest absolute Gasteiger partial charge is 0.221 e. The van der Waals surface area contributed by atoms with Gasteiger partial charge in [-0.05, 0) is 31.6 Å². The van der Waals surface area contributed by atoms with E-state index in [1.54, 1.807) is 0 Å². The summed E-state index contributed by atoms with van der Waals surface area (Å²) in [5.74, 6) is 0.819. The van der Waals surface area contributed by atoms with Gasteiger partial charge in [0, 0.05) is 6.04 Å². The molecule has 1 aliphatic carbocycles. The fourth-order valence-corrected chi connectivity index (χ4v) is 3.47. The van der Waals surface area contributed by atoms with Crippen LogP contribution in [-0.4, -0.2) is 19.1 Å². The van der Waals surface area contributed by atoms with E-state index in [4.69, 9.17) is 0 Å². The van der Waals surface area contributed by atoms with Crippen molar-refractivity contribution >= 4 is 26.0 Å². The first kappa shape index (κ1) is 13.5. The predicted molar refractivity (Wildman–Crippen MR) is 66.5 cm³/mol. The van der Waals surface area contributed by atoms with Crippen LogP contribution < -0.4 is 4.72 Å². The summed E-state index contributed by atoms with van der Waals surface area (Å²) in [5.41, 5.74) is 0. The number of nitrogens with one attached hydrogen (secondary N) is 1. The van der Waals surface area contributed by atoms with E-state index in [1.165, 1.54) is 25.7 Å². The van der Waals surface area contributed by atoms with E-state index >= 15 is 0 Å². The van der Waals surface area contributed by atoms with E-state index in [2.05, 4.69) is 27.6 Å². The maximum Gasteiger partial charge on any atom is 0.221 e. The molecule has 0 aromatic carbocycles. The number of alkyl halides is 1. The van der Waals surface area contributed by atoms with Gasteiger partial charge in [0.25, 0.3) is 0 Å². The van der Waals surface area contributed by atoms with Crippen LogP contribution in [0.1, 0.15) is 45.4 Å². The van der Waals surface area contributed by atoms with Gasteiger partial charge in [0.2, 0.25) is 10.0 Å². The molecule has 90 valence electrons. The van der Waals surface area contributed by atoms with Crippen LogP contribution in [0.25, 0.3) is 0 Å². The van der Waals surface area contributed by atoms with Gasteiger partial charge in [-0.3, -0.25) is 0 Å². The quantitative estimate of drug-likeness (QED) is 0.793. The van der Waals surface area contributed by atoms with Crippen molar-refractivity contribution in [2.45, 2.75) is 51.5 Å². The van der Waals surface area contributed by atoms with Crippen LogP contribution in [0.15, 0.2) is 0 Å². The molecule has 0 aromatic rings. The Balaban J connectivity index is 2.32. The van der Waals surface area contributed by atoms with Crippen LogP contribution in [0, 0.1) is 5.92 Å². The Bertz CT molecular complexity index is 271. The van der Waals surface area contributed by atoms with Gasteiger partial charge in [0.05, 0.1) is 0 Å². The molecular formula is C10H20BrNO2S. The molecule has 3 nitrogen and oxygen atoms in total. The Morgan fingerprint density at radius 3 is 2.33 bits per heavy atom. The molecule has 1 saturated carbocycles. The summed E-state index contributed by atoms with van der Waals surface area (Å²) in [6.45, 7) is 2.21. The SMILES string of the molecule is CCCC1CCC(NS(=O)(=O)CBr)CC1. The maximum atomic E-state index is 11.3. The van der Waals surface area contributed by atoms with Crippen LogP contribution in [0.3, 0.4) is 0 Å². The van der Waals surface area contributed by atoms with Gasteiger partial charge in [-0.15, -0.1) is 0 Å². The van der Waals surface area contributed by atoms with E-state index in [0.717, 1.165) is 18.8 Å². The third-order valence-electron chi connectivity index (χ3n) is 3.03. The summed E-state index contributed by atoms with van der Waals surface area (Å²) in [4.78, 5) is 0. The lowest BCUT2D eigenvalue weighted by molar-refractivity contribution is 0.297. The lowest BCUT2D eigenvalue weighted by Gasteiger charge is -2.28. The number of sulfonamides is 1. The minimum absolute atomic E-state index is 0.00882. The number of halogens is 1. The predicted octanol–water partition coefficient (Wildman–Crippen LogP) is 2.62. The van der Waals surface area contributed by atoms with Crippen LogP contribution >= 0.6 is 15.9 Å². The molecule has 1 N–H and O–H groups in total. The van der Waals surface area contributed by atoms with Crippen molar-refractivity contribution < 1.29 is 8.42 Å². The second-order valence-corrected chi connectivity index (χ2v) is 7.40. The average molecular weight is 298 g/mol. The molecular weight excluding hydrogens is 278 g/mol. The van der Waals surface area contributed by atoms with Crippen molar-refractivity contribution in [1.29, 1.82) is 0 Å². The Labute approximate surface area is 101 Å². The molecule has 0 aromatic heterocycles. The van der Waals surface area contributed by atoms with Crippen molar-refractivity contribution in [3.05, 3.63) is 0 Å². The van der Waals surface area contributed by atoms with Gasteiger partial charge in [-0.1, -0.05) is 35.7 Å². The van der Waals surface area contributed by atoms with Crippen molar-refractivity contribution in [3.63, 3.8) is 0 Å². The van der Waals surface area contributed by atoms with E-state index < -0.39 is 10.0 Å². The third kappa shape index (κ3) is 4.83. The molecule has 5 heteroatoms. The van der Waals surface area contributed by atoms with Gasteiger partial charge in [-0.25, -0.2) is 13.1 Å². The Hall–Kier alpha value is 0.390. The van der Waals surface area contributed by atoms with E-state index in [0.29, 0.717) is 0 Å². The van der Waals surface area contributed by atoms with Gasteiger partial charge >= 0.3 is 0 Å². The highest BCUT2D eigenvalue weighted by atomic mass is 79.9. The summed E-state index contributed by atoms with van der Waals surface area (Å²) in [7, 11) is -3.08. The first-order valence-corrected chi connectivity index (χ1v) is 8.40. The first-order valence-electron chi connectivity index (χ1n) is 5.63. The van der Waals surface area contributed by atoms with Gasteiger partial charge in [0.1, 0.15) is 4.66 Å². The third-order valence-corrected chi connectivity index (χ3v) is 5.82. The first-order chi connectivity index (χ1) is 7.07. The molecule has 0 aliphatic heterocycles. The van der Waals surface area contributed by atoms with Crippen molar-refractivity contribution in [2.24, 2.45) is 5.92 Å². The monoisotopic (exact) mass is 297 g/mol. The topological polar surface area (TPSA) is 46.2 Å². The highest BCUT2D eigenvalue weighted by Gasteiger charge is 2.23. The zero-order valence-corrected chi connectivity index (χ0v) is 11.6. The van der Waals surface area contributed by atoms with E-state index in [1.807, 2.05) is 0 Å².